The van der Waals surface area contributed by atoms with Crippen LogP contribution in [0.15, 0.2) is 0 Å². The second kappa shape index (κ2) is 10.6. The van der Waals surface area contributed by atoms with Crippen molar-refractivity contribution in [3.05, 3.63) is 22.5 Å². The Morgan fingerprint density at radius 1 is 1.10 bits per heavy atom. The number of rotatable bonds is 9. The lowest BCUT2D eigenvalue weighted by atomic mass is 9.94. The third-order valence-corrected chi connectivity index (χ3v) is 6.28. The van der Waals surface area contributed by atoms with Crippen LogP contribution >= 0.6 is 11.8 Å². The van der Waals surface area contributed by atoms with Crippen LogP contribution in [0.4, 0.5) is 0 Å². The zero-order valence-electron chi connectivity index (χ0n) is 17.6. The monoisotopic (exact) mass is 422 g/mol. The van der Waals surface area contributed by atoms with Crippen molar-refractivity contribution in [2.75, 3.05) is 25.2 Å². The molecule has 1 aliphatic rings. The molecule has 1 aromatic heterocycles. The third-order valence-electron chi connectivity index (χ3n) is 5.39. The fourth-order valence-electron chi connectivity index (χ4n) is 3.81. The first-order chi connectivity index (χ1) is 13.7. The highest BCUT2D eigenvalue weighted by Gasteiger charge is 2.23. The van der Waals surface area contributed by atoms with Crippen LogP contribution in [0.3, 0.4) is 0 Å². The second-order valence-corrected chi connectivity index (χ2v) is 8.54. The number of amides is 1. The molecule has 29 heavy (non-hydrogen) atoms. The Hall–Kier alpha value is -2.09. The fourth-order valence-corrected chi connectivity index (χ4v) is 4.54. The van der Waals surface area contributed by atoms with Crippen LogP contribution in [0, 0.1) is 13.8 Å². The number of carbonyl (C=O) groups is 4. The standard InChI is InChI=1S/C21H30N2O5S/c1-13-20(15(3)24)14(2)22-21(13)17(25)10-28-19(27)12-29-11-18(26)23(4)16-8-6-5-7-9-16/h16,22H,5-12H2,1-4H3. The van der Waals surface area contributed by atoms with E-state index < -0.39 is 12.6 Å². The summed E-state index contributed by atoms with van der Waals surface area (Å²) in [6, 6.07) is 0.300. The Kier molecular flexibility index (Phi) is 8.49. The first-order valence-corrected chi connectivity index (χ1v) is 11.1. The number of aromatic nitrogens is 1. The number of thioether (sulfide) groups is 1. The van der Waals surface area contributed by atoms with Gasteiger partial charge in [0.15, 0.2) is 12.4 Å². The van der Waals surface area contributed by atoms with Crippen LogP contribution in [0.25, 0.3) is 0 Å². The minimum Gasteiger partial charge on any atom is -0.457 e. The van der Waals surface area contributed by atoms with Gasteiger partial charge in [0.05, 0.1) is 17.2 Å². The maximum atomic E-state index is 12.3. The average Bonchev–Trinajstić information content (AvgIpc) is 3.00. The van der Waals surface area contributed by atoms with Gasteiger partial charge in [0, 0.05) is 24.3 Å². The van der Waals surface area contributed by atoms with Gasteiger partial charge in [0.25, 0.3) is 0 Å². The molecule has 1 fully saturated rings. The fraction of sp³-hybridized carbons (Fsp3) is 0.619. The molecule has 2 rings (SSSR count). The number of esters is 1. The van der Waals surface area contributed by atoms with E-state index in [1.54, 1.807) is 18.7 Å². The van der Waals surface area contributed by atoms with Gasteiger partial charge in [-0.2, -0.15) is 0 Å². The Balaban J connectivity index is 1.74. The number of carbonyl (C=O) groups excluding carboxylic acids is 4. The summed E-state index contributed by atoms with van der Waals surface area (Å²) in [4.78, 5) is 52.9. The number of ether oxygens (including phenoxy) is 1. The van der Waals surface area contributed by atoms with Crippen molar-refractivity contribution >= 4 is 35.2 Å². The number of aryl methyl sites for hydroxylation is 1. The van der Waals surface area contributed by atoms with E-state index in [2.05, 4.69) is 4.98 Å². The molecule has 0 saturated heterocycles. The van der Waals surface area contributed by atoms with Crippen LogP contribution in [0.1, 0.15) is 71.1 Å². The van der Waals surface area contributed by atoms with Crippen molar-refractivity contribution in [1.82, 2.24) is 9.88 Å². The van der Waals surface area contributed by atoms with Crippen molar-refractivity contribution in [2.45, 2.75) is 58.9 Å². The van der Waals surface area contributed by atoms with Gasteiger partial charge >= 0.3 is 5.97 Å². The van der Waals surface area contributed by atoms with E-state index in [4.69, 9.17) is 4.74 Å². The summed E-state index contributed by atoms with van der Waals surface area (Å²) >= 11 is 1.19. The highest BCUT2D eigenvalue weighted by atomic mass is 32.2. The van der Waals surface area contributed by atoms with Gasteiger partial charge in [0.1, 0.15) is 0 Å². The summed E-state index contributed by atoms with van der Waals surface area (Å²) in [7, 11) is 1.83. The first-order valence-electron chi connectivity index (χ1n) is 9.94. The maximum absolute atomic E-state index is 12.3. The molecule has 0 aliphatic heterocycles. The molecule has 0 unspecified atom stereocenters. The minimum absolute atomic E-state index is 0.0129. The summed E-state index contributed by atoms with van der Waals surface area (Å²) in [5.74, 6) is -0.799. The summed E-state index contributed by atoms with van der Waals surface area (Å²) in [6.07, 6.45) is 5.63. The van der Waals surface area contributed by atoms with Gasteiger partial charge in [-0.1, -0.05) is 19.3 Å². The van der Waals surface area contributed by atoms with Gasteiger partial charge in [0.2, 0.25) is 11.7 Å². The van der Waals surface area contributed by atoms with E-state index in [1.165, 1.54) is 25.1 Å². The highest BCUT2D eigenvalue weighted by Crippen LogP contribution is 2.22. The number of hydrogen-bond donors (Lipinski definition) is 1. The maximum Gasteiger partial charge on any atom is 0.316 e. The lowest BCUT2D eigenvalue weighted by Gasteiger charge is -2.31. The van der Waals surface area contributed by atoms with Crippen molar-refractivity contribution in [3.8, 4) is 0 Å². The largest absolute Gasteiger partial charge is 0.457 e. The smallest absolute Gasteiger partial charge is 0.316 e. The number of H-pyrrole nitrogens is 1. The SMILES string of the molecule is CC(=O)c1c(C)[nH]c(C(=O)COC(=O)CSCC(=O)N(C)C2CCCCC2)c1C. The normalized spacial score (nSPS) is 14.5. The van der Waals surface area contributed by atoms with Crippen LogP contribution in [0.2, 0.25) is 0 Å². The van der Waals surface area contributed by atoms with Crippen LogP contribution in [0.5, 0.6) is 0 Å². The molecule has 1 amide bonds. The Bertz CT molecular complexity index is 780. The van der Waals surface area contributed by atoms with Crippen molar-refractivity contribution in [2.24, 2.45) is 0 Å². The van der Waals surface area contributed by atoms with Gasteiger partial charge in [-0.05, 0) is 39.2 Å². The zero-order chi connectivity index (χ0) is 21.6. The van der Waals surface area contributed by atoms with Crippen LogP contribution in [-0.4, -0.2) is 64.5 Å². The second-order valence-electron chi connectivity index (χ2n) is 7.55. The van der Waals surface area contributed by atoms with Crippen molar-refractivity contribution in [1.29, 1.82) is 0 Å². The van der Waals surface area contributed by atoms with Gasteiger partial charge in [-0.3, -0.25) is 19.2 Å². The van der Waals surface area contributed by atoms with E-state index in [9.17, 15) is 19.2 Å². The van der Waals surface area contributed by atoms with Crippen LogP contribution < -0.4 is 0 Å². The lowest BCUT2D eigenvalue weighted by Crippen LogP contribution is -2.39. The Morgan fingerprint density at radius 3 is 2.34 bits per heavy atom. The van der Waals surface area contributed by atoms with E-state index in [-0.39, 0.29) is 34.7 Å². The molecule has 1 saturated carbocycles. The molecule has 1 N–H and O–H groups in total. The van der Waals surface area contributed by atoms with Crippen LogP contribution in [-0.2, 0) is 14.3 Å². The van der Waals surface area contributed by atoms with Crippen molar-refractivity contribution < 1.29 is 23.9 Å². The molecular formula is C21H30N2O5S. The topological polar surface area (TPSA) is 96.5 Å². The minimum atomic E-state index is -0.538. The summed E-state index contributed by atoms with van der Waals surface area (Å²) in [6.45, 7) is 4.47. The third kappa shape index (κ3) is 6.19. The van der Waals surface area contributed by atoms with Gasteiger partial charge in [-0.25, -0.2) is 0 Å². The van der Waals surface area contributed by atoms with E-state index in [0.717, 1.165) is 25.7 Å². The molecule has 7 nitrogen and oxygen atoms in total. The Morgan fingerprint density at radius 2 is 1.76 bits per heavy atom. The Labute approximate surface area is 175 Å². The molecule has 0 spiro atoms. The molecule has 0 radical (unpaired) electrons. The molecule has 1 heterocycles. The van der Waals surface area contributed by atoms with E-state index in [1.807, 2.05) is 7.05 Å². The van der Waals surface area contributed by atoms with Gasteiger partial charge < -0.3 is 14.6 Å². The summed E-state index contributed by atoms with van der Waals surface area (Å²) in [5, 5.41) is 0. The molecule has 0 aromatic carbocycles. The molecular weight excluding hydrogens is 392 g/mol. The molecule has 1 aromatic rings. The van der Waals surface area contributed by atoms with E-state index >= 15 is 0 Å². The molecule has 0 bridgehead atoms. The molecule has 1 aliphatic carbocycles. The molecule has 0 atom stereocenters. The number of Topliss-reactive ketones (excluding diaryl/α,β-unsaturated/α-hetero) is 2. The number of hydrogen-bond acceptors (Lipinski definition) is 6. The number of aromatic amines is 1. The average molecular weight is 423 g/mol. The molecule has 8 heteroatoms. The zero-order valence-corrected chi connectivity index (χ0v) is 18.4. The number of ketones is 2. The van der Waals surface area contributed by atoms with Crippen molar-refractivity contribution in [3.63, 3.8) is 0 Å². The summed E-state index contributed by atoms with van der Waals surface area (Å²) in [5.41, 5.74) is 1.98. The summed E-state index contributed by atoms with van der Waals surface area (Å²) < 4.78 is 5.04. The number of nitrogens with zero attached hydrogens (tertiary/aromatic N) is 1. The lowest BCUT2D eigenvalue weighted by molar-refractivity contribution is -0.139. The quantitative estimate of drug-likeness (QED) is 0.485. The predicted molar refractivity (Wildman–Crippen MR) is 113 cm³/mol. The molecule has 160 valence electrons. The van der Waals surface area contributed by atoms with Gasteiger partial charge in [-0.15, -0.1) is 11.8 Å². The highest BCUT2D eigenvalue weighted by molar-refractivity contribution is 8.00. The van der Waals surface area contributed by atoms with E-state index in [0.29, 0.717) is 22.9 Å². The first kappa shape index (κ1) is 23.2. The predicted octanol–water partition coefficient (Wildman–Crippen LogP) is 3.08. The number of nitrogens with one attached hydrogen (secondary N) is 1.